The second-order valence-electron chi connectivity index (χ2n) is 8.81. The molecule has 33 heavy (non-hydrogen) atoms. The number of carbonyl (C=O) groups is 4. The van der Waals surface area contributed by atoms with Crippen LogP contribution in [0.3, 0.4) is 0 Å². The lowest BCUT2D eigenvalue weighted by atomic mass is 9.81. The molecular weight excluding hydrogens is 427 g/mol. The molecule has 0 bridgehead atoms. The molecule has 0 aromatic heterocycles. The minimum Gasteiger partial charge on any atom is -0.426 e. The lowest BCUT2D eigenvalue weighted by Gasteiger charge is -2.19. The maximum Gasteiger partial charge on any atom is 0.316 e. The standard InChI is InChI=1S/C25H23FN2O5/c26-16-8-10-17(11-9-16)27-14-15(12-22(27)29)25(32)33-19-5-3-4-18(13-19)28-23(30)20-6-1-2-7-21(20)24(28)31/h3-5,8-11,13,15,20-21H,1-2,6-7,12,14H2/t15-,20+,21+/m0/s1. The van der Waals surface area contributed by atoms with Crippen LogP contribution in [0.2, 0.25) is 0 Å². The molecule has 2 aliphatic heterocycles. The van der Waals surface area contributed by atoms with Crippen molar-refractivity contribution in [1.29, 1.82) is 0 Å². The first kappa shape index (κ1) is 21.3. The van der Waals surface area contributed by atoms with Crippen molar-refractivity contribution in [2.24, 2.45) is 17.8 Å². The zero-order valence-electron chi connectivity index (χ0n) is 17.9. The van der Waals surface area contributed by atoms with Crippen LogP contribution in [-0.2, 0) is 19.2 Å². The fourth-order valence-electron chi connectivity index (χ4n) is 5.04. The summed E-state index contributed by atoms with van der Waals surface area (Å²) in [6.07, 6.45) is 3.32. The van der Waals surface area contributed by atoms with Crippen molar-refractivity contribution in [2.75, 3.05) is 16.3 Å². The zero-order valence-corrected chi connectivity index (χ0v) is 17.9. The van der Waals surface area contributed by atoms with Gasteiger partial charge in [0.15, 0.2) is 0 Å². The van der Waals surface area contributed by atoms with E-state index in [0.29, 0.717) is 11.4 Å². The number of amides is 3. The molecule has 2 aromatic rings. The summed E-state index contributed by atoms with van der Waals surface area (Å²) in [5.74, 6) is -2.60. The number of fused-ring (bicyclic) bond motifs is 1. The maximum absolute atomic E-state index is 13.2. The average Bonchev–Trinajstić information content (AvgIpc) is 3.32. The number of imide groups is 1. The molecule has 0 radical (unpaired) electrons. The highest BCUT2D eigenvalue weighted by Crippen LogP contribution is 2.40. The molecule has 0 N–H and O–H groups in total. The summed E-state index contributed by atoms with van der Waals surface area (Å²) >= 11 is 0. The molecule has 1 aliphatic carbocycles. The van der Waals surface area contributed by atoms with Crippen molar-refractivity contribution in [2.45, 2.75) is 32.1 Å². The van der Waals surface area contributed by atoms with E-state index in [4.69, 9.17) is 4.74 Å². The highest BCUT2D eigenvalue weighted by atomic mass is 19.1. The van der Waals surface area contributed by atoms with E-state index in [1.807, 2.05) is 0 Å². The third kappa shape index (κ3) is 3.90. The smallest absolute Gasteiger partial charge is 0.316 e. The monoisotopic (exact) mass is 450 g/mol. The van der Waals surface area contributed by atoms with Crippen LogP contribution in [0.25, 0.3) is 0 Å². The lowest BCUT2D eigenvalue weighted by molar-refractivity contribution is -0.139. The molecule has 5 rings (SSSR count). The summed E-state index contributed by atoms with van der Waals surface area (Å²) in [6.45, 7) is 0.134. The molecule has 2 heterocycles. The number of ether oxygens (including phenoxy) is 1. The molecule has 3 atom stereocenters. The largest absolute Gasteiger partial charge is 0.426 e. The summed E-state index contributed by atoms with van der Waals surface area (Å²) in [4.78, 5) is 53.5. The fourth-order valence-corrected chi connectivity index (χ4v) is 5.04. The Morgan fingerprint density at radius 1 is 0.909 bits per heavy atom. The number of esters is 1. The van der Waals surface area contributed by atoms with Gasteiger partial charge in [0.05, 0.1) is 23.4 Å². The summed E-state index contributed by atoms with van der Waals surface area (Å²) in [6, 6.07) is 11.9. The Morgan fingerprint density at radius 3 is 2.24 bits per heavy atom. The molecule has 7 nitrogen and oxygen atoms in total. The topological polar surface area (TPSA) is 84.0 Å². The van der Waals surface area contributed by atoms with Crippen LogP contribution < -0.4 is 14.5 Å². The number of rotatable bonds is 4. The summed E-state index contributed by atoms with van der Waals surface area (Å²) in [5, 5.41) is 0. The van der Waals surface area contributed by atoms with Crippen molar-refractivity contribution in [3.63, 3.8) is 0 Å². The Kier molecular flexibility index (Phi) is 5.44. The minimum atomic E-state index is -0.677. The second kappa shape index (κ2) is 8.42. The number of carbonyl (C=O) groups excluding carboxylic acids is 4. The Hall–Kier alpha value is -3.55. The van der Waals surface area contributed by atoms with Gasteiger partial charge in [-0.15, -0.1) is 0 Å². The molecule has 3 fully saturated rings. The molecule has 3 amide bonds. The third-order valence-electron chi connectivity index (χ3n) is 6.73. The van der Waals surface area contributed by atoms with Crippen molar-refractivity contribution < 1.29 is 28.3 Å². The highest BCUT2D eigenvalue weighted by Gasteiger charge is 2.48. The average molecular weight is 450 g/mol. The van der Waals surface area contributed by atoms with Crippen molar-refractivity contribution in [1.82, 2.24) is 0 Å². The molecule has 1 saturated carbocycles. The first-order chi connectivity index (χ1) is 15.9. The number of hydrogen-bond donors (Lipinski definition) is 0. The number of benzene rings is 2. The minimum absolute atomic E-state index is 0.0116. The normalized spacial score (nSPS) is 24.9. The SMILES string of the molecule is O=C(Oc1cccc(N2C(=O)[C@@H]3CCCC[C@H]3C2=O)c1)[C@H]1CC(=O)N(c2ccc(F)cc2)C1. The van der Waals surface area contributed by atoms with E-state index >= 15 is 0 Å². The van der Waals surface area contributed by atoms with Crippen LogP contribution in [0, 0.1) is 23.6 Å². The van der Waals surface area contributed by atoms with Gasteiger partial charge in [0.25, 0.3) is 0 Å². The molecule has 2 saturated heterocycles. The first-order valence-corrected chi connectivity index (χ1v) is 11.2. The van der Waals surface area contributed by atoms with E-state index in [1.165, 1.54) is 40.1 Å². The van der Waals surface area contributed by atoms with Crippen LogP contribution in [0.4, 0.5) is 15.8 Å². The van der Waals surface area contributed by atoms with E-state index in [-0.39, 0.29) is 48.3 Å². The summed E-state index contributed by atoms with van der Waals surface area (Å²) in [5.41, 5.74) is 0.909. The molecule has 0 unspecified atom stereocenters. The Bertz CT molecular complexity index is 1110. The van der Waals surface area contributed by atoms with Crippen LogP contribution in [0.15, 0.2) is 48.5 Å². The van der Waals surface area contributed by atoms with Gasteiger partial charge in [-0.1, -0.05) is 18.9 Å². The molecule has 3 aliphatic rings. The maximum atomic E-state index is 13.2. The molecule has 170 valence electrons. The van der Waals surface area contributed by atoms with Gasteiger partial charge in [-0.3, -0.25) is 19.2 Å². The van der Waals surface area contributed by atoms with E-state index in [0.717, 1.165) is 25.7 Å². The van der Waals surface area contributed by atoms with Gasteiger partial charge in [-0.25, -0.2) is 9.29 Å². The molecule has 8 heteroatoms. The molecule has 0 spiro atoms. The Labute approximate surface area is 190 Å². The number of halogens is 1. The van der Waals surface area contributed by atoms with Gasteiger partial charge >= 0.3 is 5.97 Å². The third-order valence-corrected chi connectivity index (χ3v) is 6.73. The number of hydrogen-bond acceptors (Lipinski definition) is 5. The van der Waals surface area contributed by atoms with Gasteiger partial charge < -0.3 is 9.64 Å². The van der Waals surface area contributed by atoms with E-state index < -0.39 is 17.7 Å². The van der Waals surface area contributed by atoms with Crippen LogP contribution in [0.5, 0.6) is 5.75 Å². The van der Waals surface area contributed by atoms with Crippen LogP contribution in [-0.4, -0.2) is 30.2 Å². The lowest BCUT2D eigenvalue weighted by Crippen LogP contribution is -2.31. The Morgan fingerprint density at radius 2 is 1.58 bits per heavy atom. The quantitative estimate of drug-likeness (QED) is 0.405. The predicted molar refractivity (Wildman–Crippen MR) is 117 cm³/mol. The van der Waals surface area contributed by atoms with Gasteiger partial charge in [0.1, 0.15) is 11.6 Å². The van der Waals surface area contributed by atoms with Gasteiger partial charge in [-0.05, 0) is 49.2 Å². The van der Waals surface area contributed by atoms with Crippen molar-refractivity contribution in [3.05, 3.63) is 54.3 Å². The summed E-state index contributed by atoms with van der Waals surface area (Å²) in [7, 11) is 0. The van der Waals surface area contributed by atoms with Crippen LogP contribution >= 0.6 is 0 Å². The number of anilines is 2. The molecular formula is C25H23FN2O5. The zero-order chi connectivity index (χ0) is 23.1. The van der Waals surface area contributed by atoms with Crippen LogP contribution in [0.1, 0.15) is 32.1 Å². The van der Waals surface area contributed by atoms with E-state index in [1.54, 1.807) is 18.2 Å². The van der Waals surface area contributed by atoms with Crippen molar-refractivity contribution >= 4 is 35.1 Å². The van der Waals surface area contributed by atoms with E-state index in [9.17, 15) is 23.6 Å². The molecule has 2 aromatic carbocycles. The van der Waals surface area contributed by atoms with Gasteiger partial charge in [-0.2, -0.15) is 0 Å². The van der Waals surface area contributed by atoms with Gasteiger partial charge in [0, 0.05) is 24.7 Å². The first-order valence-electron chi connectivity index (χ1n) is 11.2. The fraction of sp³-hybridized carbons (Fsp3) is 0.360. The van der Waals surface area contributed by atoms with E-state index in [2.05, 4.69) is 0 Å². The highest BCUT2D eigenvalue weighted by molar-refractivity contribution is 6.22. The second-order valence-corrected chi connectivity index (χ2v) is 8.81. The Balaban J connectivity index is 1.29. The number of nitrogens with zero attached hydrogens (tertiary/aromatic N) is 2. The van der Waals surface area contributed by atoms with Gasteiger partial charge in [0.2, 0.25) is 17.7 Å². The summed E-state index contributed by atoms with van der Waals surface area (Å²) < 4.78 is 18.7. The predicted octanol–water partition coefficient (Wildman–Crippen LogP) is 3.46. The van der Waals surface area contributed by atoms with Crippen molar-refractivity contribution in [3.8, 4) is 5.75 Å².